The summed E-state index contributed by atoms with van der Waals surface area (Å²) < 4.78 is 0. The van der Waals surface area contributed by atoms with E-state index < -0.39 is 0 Å². The van der Waals surface area contributed by atoms with Crippen LogP contribution in [0.5, 0.6) is 0 Å². The van der Waals surface area contributed by atoms with Crippen LogP contribution in [0.15, 0.2) is 0 Å². The molecule has 2 N–H and O–H groups in total. The first-order valence-electron chi connectivity index (χ1n) is 4.80. The van der Waals surface area contributed by atoms with E-state index in [4.69, 9.17) is 18.0 Å². The van der Waals surface area contributed by atoms with Gasteiger partial charge in [0.2, 0.25) is 5.91 Å². The largest absolute Gasteiger partial charge is 0.376 e. The number of piperidine rings is 1. The molecule has 5 heteroatoms. The molecule has 0 aromatic heterocycles. The molecule has 1 saturated heterocycles. The second-order valence-electron chi connectivity index (χ2n) is 3.76. The number of hydrogen-bond acceptors (Lipinski definition) is 3. The van der Waals surface area contributed by atoms with Crippen molar-refractivity contribution < 1.29 is 4.79 Å². The van der Waals surface area contributed by atoms with E-state index in [0.717, 1.165) is 25.9 Å². The molecule has 1 amide bonds. The highest BCUT2D eigenvalue weighted by atomic mass is 32.1. The second kappa shape index (κ2) is 4.70. The maximum Gasteiger partial charge on any atom is 0.225 e. The summed E-state index contributed by atoms with van der Waals surface area (Å²) in [6.07, 6.45) is 1.90. The number of likely N-dealkylation sites (tertiary alicyclic amines) is 1. The SMILES string of the molecule is CC(=O)N(C(N)=S)C1CCN(C)CC1. The third-order valence-corrected chi connectivity index (χ3v) is 2.83. The summed E-state index contributed by atoms with van der Waals surface area (Å²) in [5.74, 6) is -0.0490. The van der Waals surface area contributed by atoms with Crippen LogP contribution in [0.25, 0.3) is 0 Å². The zero-order chi connectivity index (χ0) is 10.7. The zero-order valence-corrected chi connectivity index (χ0v) is 9.51. The maximum absolute atomic E-state index is 11.3. The molecule has 0 unspecified atom stereocenters. The van der Waals surface area contributed by atoms with E-state index in [9.17, 15) is 4.79 Å². The molecule has 80 valence electrons. The van der Waals surface area contributed by atoms with Crippen LogP contribution in [0.2, 0.25) is 0 Å². The van der Waals surface area contributed by atoms with Crippen LogP contribution < -0.4 is 5.73 Å². The number of carbonyl (C=O) groups excluding carboxylic acids is 1. The Labute approximate surface area is 90.0 Å². The Morgan fingerprint density at radius 1 is 1.50 bits per heavy atom. The average Bonchev–Trinajstić information content (AvgIpc) is 2.07. The van der Waals surface area contributed by atoms with Crippen molar-refractivity contribution in [3.05, 3.63) is 0 Å². The molecular weight excluding hydrogens is 198 g/mol. The van der Waals surface area contributed by atoms with Gasteiger partial charge in [-0.25, -0.2) is 0 Å². The number of nitrogens with two attached hydrogens (primary N) is 1. The lowest BCUT2D eigenvalue weighted by molar-refractivity contribution is -0.127. The number of thiocarbonyl (C=S) groups is 1. The minimum Gasteiger partial charge on any atom is -0.376 e. The van der Waals surface area contributed by atoms with Gasteiger partial charge in [-0.05, 0) is 45.2 Å². The third kappa shape index (κ3) is 2.65. The van der Waals surface area contributed by atoms with Crippen molar-refractivity contribution in [3.8, 4) is 0 Å². The van der Waals surface area contributed by atoms with Gasteiger partial charge in [-0.2, -0.15) is 0 Å². The van der Waals surface area contributed by atoms with Crippen LogP contribution in [0.4, 0.5) is 0 Å². The molecule has 1 aliphatic heterocycles. The van der Waals surface area contributed by atoms with E-state index in [-0.39, 0.29) is 17.1 Å². The van der Waals surface area contributed by atoms with Gasteiger partial charge in [0.15, 0.2) is 5.11 Å². The molecule has 0 radical (unpaired) electrons. The number of rotatable bonds is 1. The van der Waals surface area contributed by atoms with E-state index in [1.54, 1.807) is 4.90 Å². The molecule has 0 aromatic rings. The molecule has 1 fully saturated rings. The predicted octanol–water partition coefficient (Wildman–Crippen LogP) is 0.173. The van der Waals surface area contributed by atoms with Gasteiger partial charge < -0.3 is 10.6 Å². The standard InChI is InChI=1S/C9H17N3OS/c1-7(13)12(9(10)14)8-3-5-11(2)6-4-8/h8H,3-6H2,1-2H3,(H2,10,14). The summed E-state index contributed by atoms with van der Waals surface area (Å²) in [6, 6.07) is 0.196. The predicted molar refractivity (Wildman–Crippen MR) is 59.8 cm³/mol. The quantitative estimate of drug-likeness (QED) is 0.634. The Hall–Kier alpha value is -0.680. The van der Waals surface area contributed by atoms with Crippen molar-refractivity contribution in [3.63, 3.8) is 0 Å². The molecule has 1 heterocycles. The highest BCUT2D eigenvalue weighted by molar-refractivity contribution is 7.80. The fourth-order valence-corrected chi connectivity index (χ4v) is 2.12. The first-order valence-corrected chi connectivity index (χ1v) is 5.21. The lowest BCUT2D eigenvalue weighted by Gasteiger charge is -2.35. The molecule has 1 rings (SSSR count). The molecule has 0 saturated carbocycles. The Bertz CT molecular complexity index is 222. The summed E-state index contributed by atoms with van der Waals surface area (Å²) in [5.41, 5.74) is 5.53. The van der Waals surface area contributed by atoms with E-state index in [1.807, 2.05) is 0 Å². The van der Waals surface area contributed by atoms with Crippen LogP contribution in [0.1, 0.15) is 19.8 Å². The molecule has 14 heavy (non-hydrogen) atoms. The maximum atomic E-state index is 11.3. The fraction of sp³-hybridized carbons (Fsp3) is 0.778. The molecule has 0 aliphatic carbocycles. The molecule has 0 bridgehead atoms. The van der Waals surface area contributed by atoms with Crippen LogP contribution in [0, 0.1) is 0 Å². The van der Waals surface area contributed by atoms with Crippen LogP contribution in [0.3, 0.4) is 0 Å². The first kappa shape index (κ1) is 11.4. The van der Waals surface area contributed by atoms with Crippen molar-refractivity contribution >= 4 is 23.2 Å². The van der Waals surface area contributed by atoms with Crippen LogP contribution in [-0.4, -0.2) is 47.0 Å². The number of carbonyl (C=O) groups is 1. The number of nitrogens with zero attached hydrogens (tertiary/aromatic N) is 2. The summed E-state index contributed by atoms with van der Waals surface area (Å²) in [5, 5.41) is 0.201. The average molecular weight is 215 g/mol. The minimum absolute atomic E-state index is 0.0490. The van der Waals surface area contributed by atoms with Gasteiger partial charge in [0.05, 0.1) is 0 Å². The Balaban J connectivity index is 2.61. The molecule has 1 aliphatic rings. The van der Waals surface area contributed by atoms with Gasteiger partial charge in [-0.3, -0.25) is 9.69 Å². The van der Waals surface area contributed by atoms with Crippen LogP contribution in [-0.2, 0) is 4.79 Å². The zero-order valence-electron chi connectivity index (χ0n) is 8.69. The number of hydrogen-bond donors (Lipinski definition) is 1. The normalized spacial score (nSPS) is 19.3. The molecule has 0 spiro atoms. The van der Waals surface area contributed by atoms with Crippen molar-refractivity contribution in [2.75, 3.05) is 20.1 Å². The van der Waals surface area contributed by atoms with E-state index in [1.165, 1.54) is 6.92 Å². The molecule has 0 atom stereocenters. The van der Waals surface area contributed by atoms with E-state index >= 15 is 0 Å². The summed E-state index contributed by atoms with van der Waals surface area (Å²) >= 11 is 4.87. The van der Waals surface area contributed by atoms with Crippen molar-refractivity contribution in [1.82, 2.24) is 9.80 Å². The van der Waals surface area contributed by atoms with Crippen molar-refractivity contribution in [1.29, 1.82) is 0 Å². The summed E-state index contributed by atoms with van der Waals surface area (Å²) in [7, 11) is 2.08. The lowest BCUT2D eigenvalue weighted by Crippen LogP contribution is -2.50. The number of amides is 1. The molecule has 4 nitrogen and oxygen atoms in total. The second-order valence-corrected chi connectivity index (χ2v) is 4.18. The summed E-state index contributed by atoms with van der Waals surface area (Å²) in [4.78, 5) is 15.1. The smallest absolute Gasteiger partial charge is 0.225 e. The molecule has 0 aromatic carbocycles. The molecular formula is C9H17N3OS. The Kier molecular flexibility index (Phi) is 3.83. The highest BCUT2D eigenvalue weighted by Crippen LogP contribution is 2.15. The van der Waals surface area contributed by atoms with Gasteiger partial charge in [-0.15, -0.1) is 0 Å². The monoisotopic (exact) mass is 215 g/mol. The summed E-state index contributed by atoms with van der Waals surface area (Å²) in [6.45, 7) is 3.51. The van der Waals surface area contributed by atoms with Gasteiger partial charge in [0, 0.05) is 13.0 Å². The topological polar surface area (TPSA) is 49.6 Å². The Morgan fingerprint density at radius 2 is 2.00 bits per heavy atom. The van der Waals surface area contributed by atoms with Gasteiger partial charge in [-0.1, -0.05) is 0 Å². The lowest BCUT2D eigenvalue weighted by atomic mass is 10.0. The fourth-order valence-electron chi connectivity index (χ4n) is 1.85. The minimum atomic E-state index is -0.0490. The van der Waals surface area contributed by atoms with Gasteiger partial charge >= 0.3 is 0 Å². The third-order valence-electron chi connectivity index (χ3n) is 2.63. The highest BCUT2D eigenvalue weighted by Gasteiger charge is 2.26. The van der Waals surface area contributed by atoms with E-state index in [2.05, 4.69) is 11.9 Å². The van der Waals surface area contributed by atoms with Crippen molar-refractivity contribution in [2.24, 2.45) is 5.73 Å². The van der Waals surface area contributed by atoms with Gasteiger partial charge in [0.25, 0.3) is 0 Å². The van der Waals surface area contributed by atoms with Crippen LogP contribution >= 0.6 is 12.2 Å². The van der Waals surface area contributed by atoms with E-state index in [0.29, 0.717) is 0 Å². The first-order chi connectivity index (χ1) is 6.52. The van der Waals surface area contributed by atoms with Crippen molar-refractivity contribution in [2.45, 2.75) is 25.8 Å². The Morgan fingerprint density at radius 3 is 2.36 bits per heavy atom. The van der Waals surface area contributed by atoms with Gasteiger partial charge in [0.1, 0.15) is 0 Å².